The Kier molecular flexibility index (Phi) is 4.93. The molecule has 1 amide bonds. The number of hydrogen-bond donors (Lipinski definition) is 2. The molecular formula is C20H15ClN4O2S. The molecule has 2 aromatic heterocycles. The van der Waals surface area contributed by atoms with Crippen LogP contribution in [0, 0.1) is 6.92 Å². The number of carbonyl (C=O) groups excluding carboxylic acids is 1. The molecule has 2 N–H and O–H groups in total. The minimum atomic E-state index is -0.275. The summed E-state index contributed by atoms with van der Waals surface area (Å²) in [5.74, 6) is -0.249. The van der Waals surface area contributed by atoms with Gasteiger partial charge in [-0.15, -0.1) is 11.3 Å². The van der Waals surface area contributed by atoms with Crippen LogP contribution >= 0.6 is 22.9 Å². The number of hydrogen-bond acceptors (Lipinski definition) is 5. The first-order valence-corrected chi connectivity index (χ1v) is 9.70. The predicted molar refractivity (Wildman–Crippen MR) is 112 cm³/mol. The van der Waals surface area contributed by atoms with Gasteiger partial charge in [-0.3, -0.25) is 9.59 Å². The van der Waals surface area contributed by atoms with Gasteiger partial charge in [0.2, 0.25) is 5.91 Å². The highest BCUT2D eigenvalue weighted by atomic mass is 35.5. The standard InChI is InChI=1S/C20H15ClN4O2S/c1-11-18(12-6-8-13(21)9-7-12)23-20(28-11)22-17(26)10-16-14-4-2-3-5-15(14)19(27)25-24-16/h2-9H,10H2,1H3,(H,25,27)(H,22,23,26). The van der Waals surface area contributed by atoms with E-state index in [1.807, 2.05) is 25.1 Å². The molecule has 4 rings (SSSR count). The first-order valence-electron chi connectivity index (χ1n) is 8.51. The van der Waals surface area contributed by atoms with Crippen molar-refractivity contribution in [2.75, 3.05) is 5.32 Å². The molecule has 4 aromatic rings. The molecule has 0 fully saturated rings. The van der Waals surface area contributed by atoms with Crippen LogP contribution in [0.3, 0.4) is 0 Å². The molecule has 140 valence electrons. The minimum absolute atomic E-state index is 0.0339. The third-order valence-corrected chi connectivity index (χ3v) is 5.40. The predicted octanol–water partition coefficient (Wildman–Crippen LogP) is 4.19. The van der Waals surface area contributed by atoms with Gasteiger partial charge in [0.05, 0.1) is 23.2 Å². The van der Waals surface area contributed by atoms with Gasteiger partial charge in [-0.25, -0.2) is 10.1 Å². The molecule has 0 radical (unpaired) electrons. The maximum atomic E-state index is 12.5. The summed E-state index contributed by atoms with van der Waals surface area (Å²) in [7, 11) is 0. The first-order chi connectivity index (χ1) is 13.5. The van der Waals surface area contributed by atoms with Crippen molar-refractivity contribution in [1.29, 1.82) is 0 Å². The Morgan fingerprint density at radius 2 is 1.86 bits per heavy atom. The molecule has 0 saturated heterocycles. The van der Waals surface area contributed by atoms with Crippen LogP contribution in [0.5, 0.6) is 0 Å². The lowest BCUT2D eigenvalue weighted by Gasteiger charge is -2.04. The lowest BCUT2D eigenvalue weighted by atomic mass is 10.1. The molecule has 6 nitrogen and oxygen atoms in total. The Bertz CT molecular complexity index is 1230. The van der Waals surface area contributed by atoms with E-state index in [0.717, 1.165) is 16.1 Å². The van der Waals surface area contributed by atoms with Crippen molar-refractivity contribution >= 4 is 44.7 Å². The maximum Gasteiger partial charge on any atom is 0.272 e. The molecule has 0 unspecified atom stereocenters. The molecule has 0 aliphatic heterocycles. The number of aromatic nitrogens is 3. The molecule has 0 saturated carbocycles. The van der Waals surface area contributed by atoms with Crippen LogP contribution in [0.2, 0.25) is 5.02 Å². The summed E-state index contributed by atoms with van der Waals surface area (Å²) >= 11 is 7.34. The third-order valence-electron chi connectivity index (χ3n) is 4.26. The second kappa shape index (κ2) is 7.53. The van der Waals surface area contributed by atoms with E-state index in [1.165, 1.54) is 11.3 Å². The van der Waals surface area contributed by atoms with Crippen molar-refractivity contribution in [3.8, 4) is 11.3 Å². The number of carbonyl (C=O) groups is 1. The van der Waals surface area contributed by atoms with E-state index in [9.17, 15) is 9.59 Å². The lowest BCUT2D eigenvalue weighted by molar-refractivity contribution is -0.115. The normalized spacial score (nSPS) is 10.9. The SMILES string of the molecule is Cc1sc(NC(=O)Cc2n[nH]c(=O)c3ccccc23)nc1-c1ccc(Cl)cc1. The Hall–Kier alpha value is -3.03. The highest BCUT2D eigenvalue weighted by Crippen LogP contribution is 2.31. The van der Waals surface area contributed by atoms with E-state index >= 15 is 0 Å². The first kappa shape index (κ1) is 18.3. The van der Waals surface area contributed by atoms with Gasteiger partial charge in [0, 0.05) is 20.8 Å². The van der Waals surface area contributed by atoms with Crippen molar-refractivity contribution in [3.63, 3.8) is 0 Å². The number of H-pyrrole nitrogens is 1. The Labute approximate surface area is 169 Å². The zero-order chi connectivity index (χ0) is 19.7. The number of benzene rings is 2. The fraction of sp³-hybridized carbons (Fsp3) is 0.100. The molecule has 8 heteroatoms. The number of fused-ring (bicyclic) bond motifs is 1. The summed E-state index contributed by atoms with van der Waals surface area (Å²) in [6, 6.07) is 14.5. The summed E-state index contributed by atoms with van der Waals surface area (Å²) < 4.78 is 0. The number of halogens is 1. The monoisotopic (exact) mass is 410 g/mol. The number of amides is 1. The van der Waals surface area contributed by atoms with Crippen LogP contribution < -0.4 is 10.9 Å². The molecule has 0 bridgehead atoms. The molecule has 2 heterocycles. The van der Waals surface area contributed by atoms with Crippen molar-refractivity contribution in [2.45, 2.75) is 13.3 Å². The Balaban J connectivity index is 1.55. The number of nitrogens with zero attached hydrogens (tertiary/aromatic N) is 2. The smallest absolute Gasteiger partial charge is 0.272 e. The summed E-state index contributed by atoms with van der Waals surface area (Å²) in [5, 5.41) is 11.7. The molecular weight excluding hydrogens is 396 g/mol. The average molecular weight is 411 g/mol. The number of aryl methyl sites for hydroxylation is 1. The van der Waals surface area contributed by atoms with Crippen LogP contribution in [0.25, 0.3) is 22.0 Å². The number of rotatable bonds is 4. The Morgan fingerprint density at radius 3 is 2.61 bits per heavy atom. The number of anilines is 1. The molecule has 2 aromatic carbocycles. The van der Waals surface area contributed by atoms with Crippen LogP contribution in [0.1, 0.15) is 10.6 Å². The highest BCUT2D eigenvalue weighted by Gasteiger charge is 2.15. The lowest BCUT2D eigenvalue weighted by Crippen LogP contribution is -2.18. The van der Waals surface area contributed by atoms with Crippen molar-refractivity contribution in [2.24, 2.45) is 0 Å². The fourth-order valence-corrected chi connectivity index (χ4v) is 3.93. The van der Waals surface area contributed by atoms with E-state index in [0.29, 0.717) is 26.6 Å². The van der Waals surface area contributed by atoms with Gasteiger partial charge in [-0.2, -0.15) is 5.10 Å². The zero-order valence-corrected chi connectivity index (χ0v) is 16.4. The number of nitrogens with one attached hydrogen (secondary N) is 2. The second-order valence-electron chi connectivity index (χ2n) is 6.20. The molecule has 0 atom stereocenters. The Morgan fingerprint density at radius 1 is 1.14 bits per heavy atom. The largest absolute Gasteiger partial charge is 0.302 e. The van der Waals surface area contributed by atoms with Crippen LogP contribution in [0.15, 0.2) is 53.3 Å². The third kappa shape index (κ3) is 3.67. The molecule has 28 heavy (non-hydrogen) atoms. The average Bonchev–Trinajstić information content (AvgIpc) is 3.05. The van der Waals surface area contributed by atoms with Crippen molar-refractivity contribution in [1.82, 2.24) is 15.2 Å². The van der Waals surface area contributed by atoms with Crippen molar-refractivity contribution < 1.29 is 4.79 Å². The summed E-state index contributed by atoms with van der Waals surface area (Å²) in [5.41, 5.74) is 1.98. The highest BCUT2D eigenvalue weighted by molar-refractivity contribution is 7.16. The topological polar surface area (TPSA) is 87.7 Å². The van der Waals surface area contributed by atoms with Gasteiger partial charge < -0.3 is 5.32 Å². The van der Waals surface area contributed by atoms with E-state index in [1.54, 1.807) is 30.3 Å². The number of aromatic amines is 1. The molecule has 0 aliphatic rings. The van der Waals surface area contributed by atoms with Gasteiger partial charge in [0.1, 0.15) is 0 Å². The fourth-order valence-electron chi connectivity index (χ4n) is 2.95. The van der Waals surface area contributed by atoms with Gasteiger partial charge >= 0.3 is 0 Å². The molecule has 0 aliphatic carbocycles. The van der Waals surface area contributed by atoms with Crippen LogP contribution in [-0.2, 0) is 11.2 Å². The summed E-state index contributed by atoms with van der Waals surface area (Å²) in [6.07, 6.45) is 0.0339. The second-order valence-corrected chi connectivity index (χ2v) is 7.84. The molecule has 0 spiro atoms. The summed E-state index contributed by atoms with van der Waals surface area (Å²) in [4.78, 5) is 29.9. The van der Waals surface area contributed by atoms with E-state index < -0.39 is 0 Å². The van der Waals surface area contributed by atoms with Crippen LogP contribution in [0.4, 0.5) is 5.13 Å². The summed E-state index contributed by atoms with van der Waals surface area (Å²) in [6.45, 7) is 1.95. The van der Waals surface area contributed by atoms with Crippen LogP contribution in [-0.4, -0.2) is 21.1 Å². The van der Waals surface area contributed by atoms with Gasteiger partial charge in [0.15, 0.2) is 5.13 Å². The van der Waals surface area contributed by atoms with Gasteiger partial charge in [-0.1, -0.05) is 41.9 Å². The maximum absolute atomic E-state index is 12.5. The quantitative estimate of drug-likeness (QED) is 0.528. The minimum Gasteiger partial charge on any atom is -0.302 e. The van der Waals surface area contributed by atoms with E-state index in [4.69, 9.17) is 11.6 Å². The van der Waals surface area contributed by atoms with Gasteiger partial charge in [-0.05, 0) is 25.1 Å². The van der Waals surface area contributed by atoms with Crippen molar-refractivity contribution in [3.05, 3.63) is 74.5 Å². The van der Waals surface area contributed by atoms with Gasteiger partial charge in [0.25, 0.3) is 5.56 Å². The number of thiazole rings is 1. The zero-order valence-electron chi connectivity index (χ0n) is 14.8. The van der Waals surface area contributed by atoms with E-state index in [-0.39, 0.29) is 17.9 Å². The van der Waals surface area contributed by atoms with E-state index in [2.05, 4.69) is 20.5 Å².